The summed E-state index contributed by atoms with van der Waals surface area (Å²) in [6.45, 7) is 1.79. The van der Waals surface area contributed by atoms with Crippen LogP contribution in [-0.4, -0.2) is 18.1 Å². The fraction of sp³-hybridized carbons (Fsp3) is 0.217. The van der Waals surface area contributed by atoms with Crippen LogP contribution in [0, 0.1) is 11.3 Å². The van der Waals surface area contributed by atoms with Crippen molar-refractivity contribution in [2.45, 2.75) is 19.3 Å². The maximum Gasteiger partial charge on any atom is 0.147 e. The first-order valence-electron chi connectivity index (χ1n) is 9.48. The number of benzene rings is 2. The van der Waals surface area contributed by atoms with Crippen LogP contribution in [0.25, 0.3) is 22.4 Å². The number of anilines is 1. The zero-order chi connectivity index (χ0) is 20.4. The molecule has 1 saturated heterocycles. The molecule has 0 aliphatic carbocycles. The van der Waals surface area contributed by atoms with Crippen molar-refractivity contribution in [2.75, 3.05) is 18.0 Å². The summed E-state index contributed by atoms with van der Waals surface area (Å²) in [5, 5.41) is 11.6. The lowest BCUT2D eigenvalue weighted by Gasteiger charge is -2.29. The Morgan fingerprint density at radius 1 is 0.828 bits per heavy atom. The van der Waals surface area contributed by atoms with E-state index in [0.717, 1.165) is 54.1 Å². The van der Waals surface area contributed by atoms with Gasteiger partial charge in [0.2, 0.25) is 0 Å². The third kappa shape index (κ3) is 4.21. The highest BCUT2D eigenvalue weighted by molar-refractivity contribution is 6.42. The summed E-state index contributed by atoms with van der Waals surface area (Å²) >= 11 is 18.4. The Bertz CT molecular complexity index is 1080. The highest BCUT2D eigenvalue weighted by Crippen LogP contribution is 2.36. The van der Waals surface area contributed by atoms with Gasteiger partial charge in [-0.2, -0.15) is 5.26 Å². The van der Waals surface area contributed by atoms with Gasteiger partial charge in [0.15, 0.2) is 0 Å². The summed E-state index contributed by atoms with van der Waals surface area (Å²) in [6.07, 6.45) is 3.40. The highest BCUT2D eigenvalue weighted by Gasteiger charge is 2.21. The molecule has 0 amide bonds. The van der Waals surface area contributed by atoms with Crippen molar-refractivity contribution in [3.63, 3.8) is 0 Å². The molecule has 3 nitrogen and oxygen atoms in total. The molecule has 29 heavy (non-hydrogen) atoms. The predicted molar refractivity (Wildman–Crippen MR) is 121 cm³/mol. The van der Waals surface area contributed by atoms with Gasteiger partial charge in [-0.3, -0.25) is 0 Å². The Balaban J connectivity index is 1.93. The van der Waals surface area contributed by atoms with E-state index < -0.39 is 0 Å². The average molecular weight is 443 g/mol. The smallest absolute Gasteiger partial charge is 0.147 e. The van der Waals surface area contributed by atoms with Gasteiger partial charge in [-0.25, -0.2) is 4.98 Å². The first kappa shape index (κ1) is 20.0. The fourth-order valence-corrected chi connectivity index (χ4v) is 4.06. The molecule has 0 unspecified atom stereocenters. The van der Waals surface area contributed by atoms with Gasteiger partial charge in [0.05, 0.1) is 15.7 Å². The van der Waals surface area contributed by atoms with Crippen LogP contribution in [0.15, 0.2) is 48.5 Å². The first-order chi connectivity index (χ1) is 14.1. The molecular weight excluding hydrogens is 425 g/mol. The molecule has 0 bridgehead atoms. The van der Waals surface area contributed by atoms with Gasteiger partial charge < -0.3 is 4.90 Å². The molecule has 6 heteroatoms. The molecule has 1 fully saturated rings. The van der Waals surface area contributed by atoms with E-state index in [-0.39, 0.29) is 0 Å². The topological polar surface area (TPSA) is 39.9 Å². The summed E-state index contributed by atoms with van der Waals surface area (Å²) in [5.74, 6) is 0.723. The number of rotatable bonds is 3. The summed E-state index contributed by atoms with van der Waals surface area (Å²) in [4.78, 5) is 7.10. The molecule has 1 aliphatic rings. The molecule has 2 aromatic carbocycles. The van der Waals surface area contributed by atoms with E-state index in [4.69, 9.17) is 39.8 Å². The lowest BCUT2D eigenvalue weighted by molar-refractivity contribution is 0.573. The SMILES string of the molecule is N#Cc1c(-c2ccc(Cl)cc2)cc(-c2ccc(Cl)c(Cl)c2)nc1N1CCCCC1. The third-order valence-corrected chi connectivity index (χ3v) is 6.13. The second-order valence-corrected chi connectivity index (χ2v) is 8.30. The summed E-state index contributed by atoms with van der Waals surface area (Å²) in [5.41, 5.74) is 3.96. The predicted octanol–water partition coefficient (Wildman–Crippen LogP) is 7.24. The van der Waals surface area contributed by atoms with E-state index in [1.54, 1.807) is 6.07 Å². The van der Waals surface area contributed by atoms with Crippen molar-refractivity contribution in [3.8, 4) is 28.5 Å². The molecular formula is C23H18Cl3N3. The van der Waals surface area contributed by atoms with Crippen molar-refractivity contribution in [1.29, 1.82) is 5.26 Å². The summed E-state index contributed by atoms with van der Waals surface area (Å²) in [7, 11) is 0. The zero-order valence-electron chi connectivity index (χ0n) is 15.6. The van der Waals surface area contributed by atoms with E-state index in [9.17, 15) is 5.26 Å². The third-order valence-electron chi connectivity index (χ3n) is 5.14. The molecule has 0 atom stereocenters. The van der Waals surface area contributed by atoms with Crippen molar-refractivity contribution >= 4 is 40.6 Å². The molecule has 0 N–H and O–H groups in total. The number of aromatic nitrogens is 1. The number of nitrogens with zero attached hydrogens (tertiary/aromatic N) is 3. The van der Waals surface area contributed by atoms with E-state index in [0.29, 0.717) is 20.6 Å². The standard InChI is InChI=1S/C23H18Cl3N3/c24-17-7-4-15(5-8-17)18-13-22(16-6-9-20(25)21(26)12-16)28-23(19(18)14-27)29-10-2-1-3-11-29/h4-9,12-13H,1-3,10-11H2. The van der Waals surface area contributed by atoms with Gasteiger partial charge in [-0.15, -0.1) is 0 Å². The van der Waals surface area contributed by atoms with Crippen LogP contribution in [0.5, 0.6) is 0 Å². The Morgan fingerprint density at radius 2 is 1.52 bits per heavy atom. The Kier molecular flexibility index (Phi) is 5.96. The molecule has 0 radical (unpaired) electrons. The van der Waals surface area contributed by atoms with Gasteiger partial charge in [-0.1, -0.05) is 53.0 Å². The van der Waals surface area contributed by atoms with Crippen LogP contribution >= 0.6 is 34.8 Å². The maximum atomic E-state index is 10.0. The Labute approximate surface area is 185 Å². The first-order valence-corrected chi connectivity index (χ1v) is 10.6. The Morgan fingerprint density at radius 3 is 2.17 bits per heavy atom. The van der Waals surface area contributed by atoms with Crippen LogP contribution in [0.2, 0.25) is 15.1 Å². The van der Waals surface area contributed by atoms with E-state index in [2.05, 4.69) is 11.0 Å². The van der Waals surface area contributed by atoms with Crippen LogP contribution < -0.4 is 4.90 Å². The van der Waals surface area contributed by atoms with Gasteiger partial charge in [0.1, 0.15) is 17.5 Å². The van der Waals surface area contributed by atoms with Crippen molar-refractivity contribution in [1.82, 2.24) is 4.98 Å². The molecule has 0 spiro atoms. The maximum absolute atomic E-state index is 10.0. The van der Waals surface area contributed by atoms with Gasteiger partial charge in [0.25, 0.3) is 0 Å². The highest BCUT2D eigenvalue weighted by atomic mass is 35.5. The number of nitriles is 1. The molecule has 1 aromatic heterocycles. The van der Waals surface area contributed by atoms with Crippen molar-refractivity contribution in [3.05, 3.63) is 69.2 Å². The quantitative estimate of drug-likeness (QED) is 0.429. The normalized spacial score (nSPS) is 13.9. The minimum absolute atomic E-state index is 0.475. The zero-order valence-corrected chi connectivity index (χ0v) is 17.9. The minimum atomic E-state index is 0.475. The van der Waals surface area contributed by atoms with E-state index >= 15 is 0 Å². The number of hydrogen-bond donors (Lipinski definition) is 0. The van der Waals surface area contributed by atoms with Gasteiger partial charge in [-0.05, 0) is 55.2 Å². The van der Waals surface area contributed by atoms with Crippen molar-refractivity contribution in [2.24, 2.45) is 0 Å². The summed E-state index contributed by atoms with van der Waals surface area (Å²) < 4.78 is 0. The van der Waals surface area contributed by atoms with Crippen LogP contribution in [0.1, 0.15) is 24.8 Å². The van der Waals surface area contributed by atoms with Gasteiger partial charge >= 0.3 is 0 Å². The lowest BCUT2D eigenvalue weighted by Crippen LogP contribution is -2.31. The monoisotopic (exact) mass is 441 g/mol. The minimum Gasteiger partial charge on any atom is -0.355 e. The lowest BCUT2D eigenvalue weighted by atomic mass is 9.97. The van der Waals surface area contributed by atoms with Gasteiger partial charge in [0, 0.05) is 29.2 Å². The van der Waals surface area contributed by atoms with E-state index in [1.807, 2.05) is 42.5 Å². The molecule has 146 valence electrons. The van der Waals surface area contributed by atoms with Crippen molar-refractivity contribution < 1.29 is 0 Å². The fourth-order valence-electron chi connectivity index (χ4n) is 3.64. The Hall–Kier alpha value is -2.25. The number of halogens is 3. The number of hydrogen-bond acceptors (Lipinski definition) is 3. The largest absolute Gasteiger partial charge is 0.355 e. The number of piperidine rings is 1. The second kappa shape index (κ2) is 8.63. The van der Waals surface area contributed by atoms with E-state index in [1.165, 1.54) is 6.42 Å². The molecule has 0 saturated carbocycles. The molecule has 2 heterocycles. The summed E-state index contributed by atoms with van der Waals surface area (Å²) in [6, 6.07) is 17.3. The van der Waals surface area contributed by atoms with Crippen LogP contribution in [0.4, 0.5) is 5.82 Å². The molecule has 3 aromatic rings. The number of pyridine rings is 1. The molecule has 1 aliphatic heterocycles. The van der Waals surface area contributed by atoms with Crippen LogP contribution in [0.3, 0.4) is 0 Å². The average Bonchev–Trinajstić information content (AvgIpc) is 2.76. The molecule has 4 rings (SSSR count). The van der Waals surface area contributed by atoms with Crippen LogP contribution in [-0.2, 0) is 0 Å². The second-order valence-electron chi connectivity index (χ2n) is 7.05.